The highest BCUT2D eigenvalue weighted by molar-refractivity contribution is 5.12. The minimum absolute atomic E-state index is 0.929. The van der Waals surface area contributed by atoms with Crippen LogP contribution in [0.25, 0.3) is 0 Å². The van der Waals surface area contributed by atoms with E-state index in [1.54, 1.807) is 5.57 Å². The van der Waals surface area contributed by atoms with Crippen molar-refractivity contribution >= 4 is 0 Å². The zero-order valence-electron chi connectivity index (χ0n) is 6.94. The summed E-state index contributed by atoms with van der Waals surface area (Å²) < 4.78 is 5.48. The Morgan fingerprint density at radius 1 is 1.40 bits per heavy atom. The van der Waals surface area contributed by atoms with Crippen LogP contribution in [0.2, 0.25) is 0 Å². The lowest BCUT2D eigenvalue weighted by atomic mass is 10.1. The molecule has 1 heteroatoms. The number of ether oxygens (including phenoxy) is 1. The molecule has 0 aromatic carbocycles. The van der Waals surface area contributed by atoms with Crippen molar-refractivity contribution in [2.45, 2.75) is 39.5 Å². The SMILES string of the molecule is CCCC1=C(CC)CCO1. The van der Waals surface area contributed by atoms with Crippen molar-refractivity contribution in [1.29, 1.82) is 0 Å². The average Bonchev–Trinajstić information content (AvgIpc) is 2.36. The van der Waals surface area contributed by atoms with Crippen LogP contribution in [0, 0.1) is 0 Å². The van der Waals surface area contributed by atoms with Gasteiger partial charge in [-0.1, -0.05) is 13.8 Å². The maximum atomic E-state index is 5.48. The van der Waals surface area contributed by atoms with E-state index >= 15 is 0 Å². The number of hydrogen-bond donors (Lipinski definition) is 0. The lowest BCUT2D eigenvalue weighted by molar-refractivity contribution is 0.233. The van der Waals surface area contributed by atoms with Crippen molar-refractivity contribution < 1.29 is 4.74 Å². The third-order valence-corrected chi connectivity index (χ3v) is 1.98. The van der Waals surface area contributed by atoms with E-state index in [0.717, 1.165) is 13.0 Å². The van der Waals surface area contributed by atoms with Gasteiger partial charge in [0.15, 0.2) is 0 Å². The molecule has 0 bridgehead atoms. The van der Waals surface area contributed by atoms with Crippen LogP contribution >= 0.6 is 0 Å². The largest absolute Gasteiger partial charge is 0.498 e. The van der Waals surface area contributed by atoms with E-state index in [0.29, 0.717) is 0 Å². The normalized spacial score (nSPS) is 17.8. The minimum Gasteiger partial charge on any atom is -0.498 e. The van der Waals surface area contributed by atoms with Gasteiger partial charge in [0.2, 0.25) is 0 Å². The van der Waals surface area contributed by atoms with Crippen LogP contribution < -0.4 is 0 Å². The summed E-state index contributed by atoms with van der Waals surface area (Å²) in [7, 11) is 0. The lowest BCUT2D eigenvalue weighted by Crippen LogP contribution is -1.84. The van der Waals surface area contributed by atoms with Gasteiger partial charge in [0, 0.05) is 12.8 Å². The summed E-state index contributed by atoms with van der Waals surface area (Å²) in [6, 6.07) is 0. The third-order valence-electron chi connectivity index (χ3n) is 1.98. The van der Waals surface area contributed by atoms with Gasteiger partial charge in [-0.15, -0.1) is 0 Å². The molecule has 58 valence electrons. The predicted molar refractivity (Wildman–Crippen MR) is 42.8 cm³/mol. The van der Waals surface area contributed by atoms with Gasteiger partial charge >= 0.3 is 0 Å². The van der Waals surface area contributed by atoms with Crippen molar-refractivity contribution in [1.82, 2.24) is 0 Å². The molecule has 0 N–H and O–H groups in total. The van der Waals surface area contributed by atoms with E-state index in [2.05, 4.69) is 13.8 Å². The summed E-state index contributed by atoms with van der Waals surface area (Å²) in [6.45, 7) is 5.33. The molecule has 0 aliphatic carbocycles. The Kier molecular flexibility index (Phi) is 2.79. The minimum atomic E-state index is 0.929. The van der Waals surface area contributed by atoms with Crippen LogP contribution in [-0.4, -0.2) is 6.61 Å². The summed E-state index contributed by atoms with van der Waals surface area (Å²) in [5, 5.41) is 0. The highest BCUT2D eigenvalue weighted by Crippen LogP contribution is 2.24. The molecule has 0 spiro atoms. The standard InChI is InChI=1S/C9H16O/c1-3-5-9-8(4-2)6-7-10-9/h3-7H2,1-2H3. The number of allylic oxidation sites excluding steroid dienone is 1. The van der Waals surface area contributed by atoms with Crippen molar-refractivity contribution in [2.24, 2.45) is 0 Å². The van der Waals surface area contributed by atoms with E-state index < -0.39 is 0 Å². The summed E-state index contributed by atoms with van der Waals surface area (Å²) in [5.74, 6) is 1.28. The van der Waals surface area contributed by atoms with Gasteiger partial charge in [0.05, 0.1) is 12.4 Å². The van der Waals surface area contributed by atoms with Gasteiger partial charge in [-0.25, -0.2) is 0 Å². The van der Waals surface area contributed by atoms with Crippen LogP contribution in [0.5, 0.6) is 0 Å². The monoisotopic (exact) mass is 140 g/mol. The third kappa shape index (κ3) is 1.53. The molecule has 0 atom stereocenters. The summed E-state index contributed by atoms with van der Waals surface area (Å²) in [5.41, 5.74) is 1.54. The van der Waals surface area contributed by atoms with E-state index in [4.69, 9.17) is 4.74 Å². The molecular formula is C9H16O. The first kappa shape index (κ1) is 7.64. The fraction of sp³-hybridized carbons (Fsp3) is 0.778. The zero-order chi connectivity index (χ0) is 7.40. The second kappa shape index (κ2) is 3.65. The van der Waals surface area contributed by atoms with Gasteiger partial charge in [-0.05, 0) is 18.4 Å². The van der Waals surface area contributed by atoms with Crippen molar-refractivity contribution in [3.63, 3.8) is 0 Å². The summed E-state index contributed by atoms with van der Waals surface area (Å²) in [4.78, 5) is 0. The molecule has 1 heterocycles. The molecule has 0 aromatic heterocycles. The maximum absolute atomic E-state index is 5.48. The Morgan fingerprint density at radius 3 is 2.80 bits per heavy atom. The van der Waals surface area contributed by atoms with Crippen molar-refractivity contribution in [2.75, 3.05) is 6.61 Å². The molecule has 1 aliphatic heterocycles. The predicted octanol–water partition coefficient (Wildman–Crippen LogP) is 2.87. The quantitative estimate of drug-likeness (QED) is 0.585. The van der Waals surface area contributed by atoms with Crippen molar-refractivity contribution in [3.8, 4) is 0 Å². The molecule has 0 unspecified atom stereocenters. The molecule has 0 amide bonds. The first-order valence-corrected chi connectivity index (χ1v) is 4.22. The molecule has 1 aliphatic rings. The molecule has 0 saturated heterocycles. The fourth-order valence-electron chi connectivity index (χ4n) is 1.39. The molecule has 0 radical (unpaired) electrons. The Labute approximate surface area is 63.1 Å². The van der Waals surface area contributed by atoms with Gasteiger partial charge in [-0.2, -0.15) is 0 Å². The topological polar surface area (TPSA) is 9.23 Å². The van der Waals surface area contributed by atoms with Crippen LogP contribution in [0.1, 0.15) is 39.5 Å². The first-order chi connectivity index (χ1) is 4.88. The Hall–Kier alpha value is -0.460. The molecule has 0 aromatic rings. The number of rotatable bonds is 3. The van der Waals surface area contributed by atoms with Crippen LogP contribution in [0.15, 0.2) is 11.3 Å². The number of hydrogen-bond acceptors (Lipinski definition) is 1. The summed E-state index contributed by atoms with van der Waals surface area (Å²) in [6.07, 6.45) is 4.70. The van der Waals surface area contributed by atoms with E-state index in [-0.39, 0.29) is 0 Å². The first-order valence-electron chi connectivity index (χ1n) is 4.22. The second-order valence-corrected chi connectivity index (χ2v) is 2.73. The Balaban J connectivity index is 2.50. The van der Waals surface area contributed by atoms with E-state index in [1.165, 1.54) is 25.0 Å². The van der Waals surface area contributed by atoms with Gasteiger partial charge in [0.1, 0.15) is 0 Å². The van der Waals surface area contributed by atoms with Crippen LogP contribution in [0.4, 0.5) is 0 Å². The van der Waals surface area contributed by atoms with Crippen molar-refractivity contribution in [3.05, 3.63) is 11.3 Å². The molecule has 0 saturated carbocycles. The molecule has 1 nitrogen and oxygen atoms in total. The Bertz CT molecular complexity index is 136. The van der Waals surface area contributed by atoms with Gasteiger partial charge < -0.3 is 4.74 Å². The van der Waals surface area contributed by atoms with Gasteiger partial charge in [0.25, 0.3) is 0 Å². The van der Waals surface area contributed by atoms with Crippen LogP contribution in [0.3, 0.4) is 0 Å². The zero-order valence-corrected chi connectivity index (χ0v) is 6.94. The smallest absolute Gasteiger partial charge is 0.0952 e. The van der Waals surface area contributed by atoms with E-state index in [1.807, 2.05) is 0 Å². The lowest BCUT2D eigenvalue weighted by Gasteiger charge is -2.01. The molecule has 10 heavy (non-hydrogen) atoms. The second-order valence-electron chi connectivity index (χ2n) is 2.73. The highest BCUT2D eigenvalue weighted by Gasteiger charge is 2.12. The molecular weight excluding hydrogens is 124 g/mol. The van der Waals surface area contributed by atoms with Gasteiger partial charge in [-0.3, -0.25) is 0 Å². The molecule has 1 rings (SSSR count). The Morgan fingerprint density at radius 2 is 2.20 bits per heavy atom. The highest BCUT2D eigenvalue weighted by atomic mass is 16.5. The summed E-state index contributed by atoms with van der Waals surface area (Å²) >= 11 is 0. The molecule has 0 fully saturated rings. The van der Waals surface area contributed by atoms with E-state index in [9.17, 15) is 0 Å². The average molecular weight is 140 g/mol. The van der Waals surface area contributed by atoms with Crippen LogP contribution in [-0.2, 0) is 4.74 Å². The maximum Gasteiger partial charge on any atom is 0.0952 e. The fourth-order valence-corrected chi connectivity index (χ4v) is 1.39.